The highest BCUT2D eigenvalue weighted by atomic mass is 16.5. The van der Waals surface area contributed by atoms with Crippen LogP contribution in [0, 0.1) is 0 Å². The van der Waals surface area contributed by atoms with Gasteiger partial charge < -0.3 is 14.9 Å². The standard InChI is InChI=1S/C18H16O4/c1-22-18-12-14(7-10-17(18)21)6-9-15(19)8-5-13-3-2-4-16(20)11-13/h2-12,20-21H,1H3. The first-order valence-corrected chi connectivity index (χ1v) is 6.64. The van der Waals surface area contributed by atoms with Crippen LogP contribution in [0.3, 0.4) is 0 Å². The number of carbonyl (C=O) groups is 1. The SMILES string of the molecule is COc1cc(C=CC(=O)C=Cc2cccc(O)c2)ccc1O. The van der Waals surface area contributed by atoms with Crippen LogP contribution in [0.25, 0.3) is 12.2 Å². The number of ketones is 1. The maximum Gasteiger partial charge on any atom is 0.178 e. The summed E-state index contributed by atoms with van der Waals surface area (Å²) in [6.07, 6.45) is 6.11. The Hall–Kier alpha value is -3.01. The molecule has 0 radical (unpaired) electrons. The predicted octanol–water partition coefficient (Wildman–Crippen LogP) is 3.40. The Morgan fingerprint density at radius 3 is 2.32 bits per heavy atom. The van der Waals surface area contributed by atoms with Crippen molar-refractivity contribution in [2.24, 2.45) is 0 Å². The van der Waals surface area contributed by atoms with Crippen LogP contribution in [0.4, 0.5) is 0 Å². The van der Waals surface area contributed by atoms with E-state index in [4.69, 9.17) is 4.74 Å². The van der Waals surface area contributed by atoms with Crippen LogP contribution in [0.2, 0.25) is 0 Å². The van der Waals surface area contributed by atoms with Gasteiger partial charge in [0.15, 0.2) is 17.3 Å². The van der Waals surface area contributed by atoms with Crippen molar-refractivity contribution in [3.8, 4) is 17.2 Å². The normalized spacial score (nSPS) is 11.1. The number of hydrogen-bond donors (Lipinski definition) is 2. The number of methoxy groups -OCH3 is 1. The number of hydrogen-bond acceptors (Lipinski definition) is 4. The van der Waals surface area contributed by atoms with E-state index in [0.717, 1.165) is 11.1 Å². The van der Waals surface area contributed by atoms with Crippen LogP contribution in [-0.4, -0.2) is 23.1 Å². The molecule has 2 aromatic carbocycles. The van der Waals surface area contributed by atoms with Gasteiger partial charge in [-0.25, -0.2) is 0 Å². The van der Waals surface area contributed by atoms with Gasteiger partial charge in [0.05, 0.1) is 7.11 Å². The van der Waals surface area contributed by atoms with E-state index >= 15 is 0 Å². The van der Waals surface area contributed by atoms with Crippen LogP contribution in [0.15, 0.2) is 54.6 Å². The lowest BCUT2D eigenvalue weighted by Crippen LogP contribution is -1.86. The fourth-order valence-corrected chi connectivity index (χ4v) is 1.84. The molecule has 0 aliphatic rings. The number of aromatic hydroxyl groups is 2. The van der Waals surface area contributed by atoms with E-state index in [-0.39, 0.29) is 17.3 Å². The Labute approximate surface area is 128 Å². The van der Waals surface area contributed by atoms with Crippen molar-refractivity contribution in [2.45, 2.75) is 0 Å². The summed E-state index contributed by atoms with van der Waals surface area (Å²) < 4.78 is 5.00. The zero-order valence-corrected chi connectivity index (χ0v) is 12.1. The molecule has 0 bridgehead atoms. The number of benzene rings is 2. The average Bonchev–Trinajstić information content (AvgIpc) is 2.52. The molecule has 0 saturated carbocycles. The van der Waals surface area contributed by atoms with E-state index < -0.39 is 0 Å². The number of phenols is 2. The molecular weight excluding hydrogens is 280 g/mol. The monoisotopic (exact) mass is 296 g/mol. The maximum absolute atomic E-state index is 11.8. The molecule has 0 spiro atoms. The van der Waals surface area contributed by atoms with E-state index in [1.54, 1.807) is 48.6 Å². The lowest BCUT2D eigenvalue weighted by molar-refractivity contribution is -0.110. The molecule has 0 saturated heterocycles. The van der Waals surface area contributed by atoms with Gasteiger partial charge in [-0.05, 0) is 47.5 Å². The summed E-state index contributed by atoms with van der Waals surface area (Å²) in [5.41, 5.74) is 1.49. The molecule has 2 aromatic rings. The van der Waals surface area contributed by atoms with E-state index in [1.807, 2.05) is 0 Å². The number of ether oxygens (including phenoxy) is 1. The van der Waals surface area contributed by atoms with Crippen molar-refractivity contribution in [2.75, 3.05) is 7.11 Å². The van der Waals surface area contributed by atoms with E-state index in [0.29, 0.717) is 5.75 Å². The van der Waals surface area contributed by atoms with Gasteiger partial charge in [0.25, 0.3) is 0 Å². The second-order valence-electron chi connectivity index (χ2n) is 4.60. The lowest BCUT2D eigenvalue weighted by Gasteiger charge is -2.03. The zero-order valence-electron chi connectivity index (χ0n) is 12.1. The third kappa shape index (κ3) is 4.24. The first-order valence-electron chi connectivity index (χ1n) is 6.64. The van der Waals surface area contributed by atoms with Gasteiger partial charge in [-0.1, -0.05) is 30.4 Å². The molecule has 0 aromatic heterocycles. The van der Waals surface area contributed by atoms with E-state index in [2.05, 4.69) is 0 Å². The third-order valence-electron chi connectivity index (χ3n) is 2.95. The molecule has 0 aliphatic carbocycles. The molecule has 0 fully saturated rings. The van der Waals surface area contributed by atoms with E-state index in [1.165, 1.54) is 25.3 Å². The topological polar surface area (TPSA) is 66.8 Å². The average molecular weight is 296 g/mol. The Bertz CT molecular complexity index is 730. The minimum Gasteiger partial charge on any atom is -0.508 e. The fourth-order valence-electron chi connectivity index (χ4n) is 1.84. The van der Waals surface area contributed by atoms with Crippen LogP contribution < -0.4 is 4.74 Å². The van der Waals surface area contributed by atoms with Crippen LogP contribution in [0.5, 0.6) is 17.2 Å². The number of carbonyl (C=O) groups excluding carboxylic acids is 1. The summed E-state index contributed by atoms with van der Waals surface area (Å²) in [6, 6.07) is 11.5. The van der Waals surface area contributed by atoms with Gasteiger partial charge in [-0.2, -0.15) is 0 Å². The van der Waals surface area contributed by atoms with Crippen LogP contribution in [-0.2, 0) is 4.79 Å². The Morgan fingerprint density at radius 1 is 1.00 bits per heavy atom. The summed E-state index contributed by atoms with van der Waals surface area (Å²) in [7, 11) is 1.46. The molecule has 112 valence electrons. The molecule has 0 amide bonds. The summed E-state index contributed by atoms with van der Waals surface area (Å²) in [6.45, 7) is 0. The molecule has 4 nitrogen and oxygen atoms in total. The Kier molecular flexibility index (Phi) is 4.98. The molecule has 22 heavy (non-hydrogen) atoms. The quantitative estimate of drug-likeness (QED) is 0.830. The highest BCUT2D eigenvalue weighted by Crippen LogP contribution is 2.26. The molecule has 2 N–H and O–H groups in total. The summed E-state index contributed by atoms with van der Waals surface area (Å²) in [5.74, 6) is 0.372. The van der Waals surface area contributed by atoms with Crippen molar-refractivity contribution in [1.82, 2.24) is 0 Å². The first-order chi connectivity index (χ1) is 10.6. The third-order valence-corrected chi connectivity index (χ3v) is 2.95. The maximum atomic E-state index is 11.8. The molecule has 0 aliphatic heterocycles. The minimum atomic E-state index is -0.185. The van der Waals surface area contributed by atoms with Gasteiger partial charge in [0.1, 0.15) is 5.75 Å². The van der Waals surface area contributed by atoms with Crippen molar-refractivity contribution in [3.05, 3.63) is 65.7 Å². The summed E-state index contributed by atoms with van der Waals surface area (Å²) in [5, 5.41) is 18.8. The second kappa shape index (κ2) is 7.13. The van der Waals surface area contributed by atoms with Crippen molar-refractivity contribution in [3.63, 3.8) is 0 Å². The number of allylic oxidation sites excluding steroid dienone is 2. The molecule has 0 atom stereocenters. The first kappa shape index (κ1) is 15.4. The van der Waals surface area contributed by atoms with Crippen molar-refractivity contribution >= 4 is 17.9 Å². The molecule has 2 rings (SSSR count). The Balaban J connectivity index is 2.05. The Morgan fingerprint density at radius 2 is 1.68 bits per heavy atom. The molecule has 0 heterocycles. The molecular formula is C18H16O4. The smallest absolute Gasteiger partial charge is 0.178 e. The zero-order chi connectivity index (χ0) is 15.9. The largest absolute Gasteiger partial charge is 0.508 e. The van der Waals surface area contributed by atoms with Crippen molar-refractivity contribution in [1.29, 1.82) is 0 Å². The van der Waals surface area contributed by atoms with Gasteiger partial charge in [0.2, 0.25) is 0 Å². The summed E-state index contributed by atoms with van der Waals surface area (Å²) in [4.78, 5) is 11.8. The number of rotatable bonds is 5. The van der Waals surface area contributed by atoms with Gasteiger partial charge in [-0.15, -0.1) is 0 Å². The highest BCUT2D eigenvalue weighted by Gasteiger charge is 2.00. The second-order valence-corrected chi connectivity index (χ2v) is 4.60. The minimum absolute atomic E-state index is 0.0507. The number of phenolic OH excluding ortho intramolecular Hbond substituents is 2. The van der Waals surface area contributed by atoms with Gasteiger partial charge in [0, 0.05) is 0 Å². The van der Waals surface area contributed by atoms with Gasteiger partial charge >= 0.3 is 0 Å². The van der Waals surface area contributed by atoms with Crippen LogP contribution in [0.1, 0.15) is 11.1 Å². The lowest BCUT2D eigenvalue weighted by atomic mass is 10.1. The fraction of sp³-hybridized carbons (Fsp3) is 0.0556. The predicted molar refractivity (Wildman–Crippen MR) is 85.8 cm³/mol. The van der Waals surface area contributed by atoms with Gasteiger partial charge in [-0.3, -0.25) is 4.79 Å². The highest BCUT2D eigenvalue weighted by molar-refractivity contribution is 6.04. The van der Waals surface area contributed by atoms with Crippen LogP contribution >= 0.6 is 0 Å². The van der Waals surface area contributed by atoms with E-state index in [9.17, 15) is 15.0 Å². The van der Waals surface area contributed by atoms with Crippen molar-refractivity contribution < 1.29 is 19.7 Å². The molecule has 0 unspecified atom stereocenters. The molecule has 4 heteroatoms. The summed E-state index contributed by atoms with van der Waals surface area (Å²) >= 11 is 0.